The molecule has 1 N–H and O–H groups in total. The highest BCUT2D eigenvalue weighted by molar-refractivity contribution is 6.23. The van der Waals surface area contributed by atoms with Gasteiger partial charge in [0.05, 0.1) is 24.6 Å². The van der Waals surface area contributed by atoms with E-state index >= 15 is 0 Å². The molecule has 3 aliphatic heterocycles. The Morgan fingerprint density at radius 3 is 2.14 bits per heavy atom. The molecule has 0 aliphatic carbocycles. The molecule has 3 heterocycles. The van der Waals surface area contributed by atoms with Crippen LogP contribution in [0.25, 0.3) is 5.57 Å². The van der Waals surface area contributed by atoms with Crippen molar-refractivity contribution in [2.45, 2.75) is 105 Å². The highest BCUT2D eigenvalue weighted by atomic mass is 16.5. The minimum Gasteiger partial charge on any atom is -0.509 e. The first-order valence-corrected chi connectivity index (χ1v) is 15.9. The van der Waals surface area contributed by atoms with Crippen LogP contribution in [0.2, 0.25) is 0 Å². The predicted octanol–water partition coefficient (Wildman–Crippen LogP) is 6.10. The van der Waals surface area contributed by atoms with Crippen LogP contribution in [0.3, 0.4) is 0 Å². The standard InChI is InChI=1S/C19H27NO3.C17H21NO2/c1-5-15-11-13(3)10-14(4)16(15)12-18(21)20-9-7-8-17(20)19(22)23-6-2;1-4-12-9-10(2)8-11(3)14(12)15-16(19)13-6-5-7-18(13)17(15)20/h10-11,17H,5-9,12H2,1-4H3;8-9,13,19H,4-7H2,1-3H3. The Hall–Kier alpha value is -3.61. The number of rotatable bonds is 7. The number of esters is 1. The monoisotopic (exact) mass is 588 g/mol. The number of aryl methyl sites for hydroxylation is 6. The Labute approximate surface area is 256 Å². The van der Waals surface area contributed by atoms with Crippen molar-refractivity contribution in [3.05, 3.63) is 74.5 Å². The number of likely N-dealkylation sites (tertiary alicyclic amines) is 1. The van der Waals surface area contributed by atoms with Gasteiger partial charge in [-0.05, 0) is 107 Å². The third kappa shape index (κ3) is 6.66. The van der Waals surface area contributed by atoms with Crippen LogP contribution >= 0.6 is 0 Å². The van der Waals surface area contributed by atoms with Crippen LogP contribution in [0, 0.1) is 27.7 Å². The molecule has 2 saturated heterocycles. The summed E-state index contributed by atoms with van der Waals surface area (Å²) in [7, 11) is 0. The summed E-state index contributed by atoms with van der Waals surface area (Å²) in [6.45, 7) is 16.0. The lowest BCUT2D eigenvalue weighted by atomic mass is 9.90. The van der Waals surface area contributed by atoms with Gasteiger partial charge in [-0.1, -0.05) is 49.2 Å². The Morgan fingerprint density at radius 1 is 0.884 bits per heavy atom. The molecular formula is C36H48N2O5. The van der Waals surface area contributed by atoms with E-state index in [2.05, 4.69) is 58.9 Å². The predicted molar refractivity (Wildman–Crippen MR) is 170 cm³/mol. The molecule has 2 atom stereocenters. The quantitative estimate of drug-likeness (QED) is 0.395. The van der Waals surface area contributed by atoms with Crippen molar-refractivity contribution in [2.75, 3.05) is 19.7 Å². The lowest BCUT2D eigenvalue weighted by Crippen LogP contribution is -2.42. The van der Waals surface area contributed by atoms with E-state index in [4.69, 9.17) is 4.74 Å². The number of hydrogen-bond acceptors (Lipinski definition) is 5. The highest BCUT2D eigenvalue weighted by Gasteiger charge is 2.43. The van der Waals surface area contributed by atoms with Gasteiger partial charge in [0.15, 0.2) is 0 Å². The largest absolute Gasteiger partial charge is 0.509 e. The Morgan fingerprint density at radius 2 is 1.51 bits per heavy atom. The van der Waals surface area contributed by atoms with Gasteiger partial charge < -0.3 is 19.6 Å². The Bertz CT molecular complexity index is 1430. The van der Waals surface area contributed by atoms with Crippen molar-refractivity contribution in [2.24, 2.45) is 0 Å². The SMILES string of the molecule is CCOC(=O)C1CCCN1C(=O)Cc1c(C)cc(C)cc1CC.CCc1cc(C)cc(C)c1C1=C(O)C2CCCN2C1=O. The smallest absolute Gasteiger partial charge is 0.328 e. The van der Waals surface area contributed by atoms with Gasteiger partial charge in [0.25, 0.3) is 5.91 Å². The topological polar surface area (TPSA) is 87.2 Å². The van der Waals surface area contributed by atoms with E-state index < -0.39 is 6.04 Å². The number of aliphatic hydroxyl groups excluding tert-OH is 1. The summed E-state index contributed by atoms with van der Waals surface area (Å²) in [6, 6.07) is 8.00. The number of hydrogen-bond donors (Lipinski definition) is 1. The molecule has 7 heteroatoms. The molecule has 7 nitrogen and oxygen atoms in total. The van der Waals surface area contributed by atoms with E-state index in [1.807, 2.05) is 11.8 Å². The summed E-state index contributed by atoms with van der Waals surface area (Å²) in [5.74, 6) is 0.0534. The molecule has 2 amide bonds. The third-order valence-electron chi connectivity index (χ3n) is 9.04. The molecule has 232 valence electrons. The number of nitrogens with zero attached hydrogens (tertiary/aromatic N) is 2. The zero-order valence-electron chi connectivity index (χ0n) is 27.0. The van der Waals surface area contributed by atoms with Gasteiger partial charge in [-0.15, -0.1) is 0 Å². The molecule has 0 aromatic heterocycles. The van der Waals surface area contributed by atoms with Crippen molar-refractivity contribution in [3.8, 4) is 0 Å². The van der Waals surface area contributed by atoms with E-state index in [1.165, 1.54) is 16.7 Å². The van der Waals surface area contributed by atoms with Gasteiger partial charge in [0, 0.05) is 13.1 Å². The fourth-order valence-electron chi connectivity index (χ4n) is 7.10. The summed E-state index contributed by atoms with van der Waals surface area (Å²) < 4.78 is 5.11. The summed E-state index contributed by atoms with van der Waals surface area (Å²) in [5, 5.41) is 10.5. The Kier molecular flexibility index (Phi) is 10.4. The second kappa shape index (κ2) is 13.8. The van der Waals surface area contributed by atoms with E-state index in [0.717, 1.165) is 66.5 Å². The highest BCUT2D eigenvalue weighted by Crippen LogP contribution is 2.39. The maximum atomic E-state index is 12.8. The number of fused-ring (bicyclic) bond motifs is 1. The summed E-state index contributed by atoms with van der Waals surface area (Å²) in [5.41, 5.74) is 9.65. The van der Waals surface area contributed by atoms with Crippen LogP contribution in [0.4, 0.5) is 0 Å². The van der Waals surface area contributed by atoms with Gasteiger partial charge >= 0.3 is 5.97 Å². The van der Waals surface area contributed by atoms with E-state index in [1.54, 1.807) is 11.8 Å². The maximum absolute atomic E-state index is 12.8. The summed E-state index contributed by atoms with van der Waals surface area (Å²) in [4.78, 5) is 40.9. The molecule has 2 aromatic carbocycles. The van der Waals surface area contributed by atoms with Crippen LogP contribution < -0.4 is 0 Å². The van der Waals surface area contributed by atoms with Gasteiger partial charge in [-0.25, -0.2) is 4.79 Å². The average Bonchev–Trinajstić information content (AvgIpc) is 3.70. The normalized spacial score (nSPS) is 19.5. The van der Waals surface area contributed by atoms with Crippen LogP contribution in [0.5, 0.6) is 0 Å². The lowest BCUT2D eigenvalue weighted by molar-refractivity contribution is -0.152. The van der Waals surface area contributed by atoms with Gasteiger partial charge in [-0.3, -0.25) is 9.59 Å². The van der Waals surface area contributed by atoms with E-state index in [9.17, 15) is 19.5 Å². The van der Waals surface area contributed by atoms with Crippen molar-refractivity contribution >= 4 is 23.4 Å². The second-order valence-electron chi connectivity index (χ2n) is 12.1. The number of benzene rings is 2. The molecule has 2 fully saturated rings. The molecular weight excluding hydrogens is 540 g/mol. The minimum absolute atomic E-state index is 0.00616. The number of carbonyl (C=O) groups is 3. The summed E-state index contributed by atoms with van der Waals surface area (Å²) in [6.07, 6.45) is 5.58. The lowest BCUT2D eigenvalue weighted by Gasteiger charge is -2.24. The summed E-state index contributed by atoms with van der Waals surface area (Å²) >= 11 is 0. The maximum Gasteiger partial charge on any atom is 0.328 e. The minimum atomic E-state index is -0.404. The molecule has 0 saturated carbocycles. The van der Waals surface area contributed by atoms with Crippen LogP contribution in [-0.2, 0) is 38.4 Å². The van der Waals surface area contributed by atoms with E-state index in [0.29, 0.717) is 31.6 Å². The number of amides is 2. The van der Waals surface area contributed by atoms with Crippen molar-refractivity contribution in [1.29, 1.82) is 0 Å². The Balaban J connectivity index is 0.000000198. The number of ether oxygens (including phenoxy) is 1. The number of carbonyl (C=O) groups excluding carboxylic acids is 3. The zero-order chi connectivity index (χ0) is 31.4. The molecule has 3 aliphatic rings. The zero-order valence-corrected chi connectivity index (χ0v) is 27.0. The van der Waals surface area contributed by atoms with Gasteiger partial charge in [-0.2, -0.15) is 0 Å². The second-order valence-corrected chi connectivity index (χ2v) is 12.1. The molecule has 0 spiro atoms. The molecule has 2 unspecified atom stereocenters. The molecule has 43 heavy (non-hydrogen) atoms. The van der Waals surface area contributed by atoms with Crippen molar-refractivity contribution in [3.63, 3.8) is 0 Å². The molecule has 5 rings (SSSR count). The number of aliphatic hydroxyl groups is 1. The first-order valence-electron chi connectivity index (χ1n) is 15.9. The first kappa shape index (κ1) is 32.3. The van der Waals surface area contributed by atoms with Crippen LogP contribution in [-0.4, -0.2) is 64.5 Å². The first-order chi connectivity index (χ1) is 20.5. The molecule has 0 radical (unpaired) electrons. The van der Waals surface area contributed by atoms with Crippen LogP contribution in [0.1, 0.15) is 91.0 Å². The third-order valence-corrected chi connectivity index (χ3v) is 9.04. The average molecular weight is 589 g/mol. The van der Waals surface area contributed by atoms with Gasteiger partial charge in [0.2, 0.25) is 5.91 Å². The van der Waals surface area contributed by atoms with Crippen molar-refractivity contribution in [1.82, 2.24) is 9.80 Å². The van der Waals surface area contributed by atoms with E-state index in [-0.39, 0.29) is 29.6 Å². The van der Waals surface area contributed by atoms with Crippen LogP contribution in [0.15, 0.2) is 30.0 Å². The fourth-order valence-corrected chi connectivity index (χ4v) is 7.10. The van der Waals surface area contributed by atoms with Gasteiger partial charge in [0.1, 0.15) is 11.8 Å². The molecule has 0 bridgehead atoms. The van der Waals surface area contributed by atoms with Crippen molar-refractivity contribution < 1.29 is 24.2 Å². The fraction of sp³-hybridized carbons (Fsp3) is 0.528. The molecule has 2 aromatic rings.